The molecule has 0 aliphatic carbocycles. The molecule has 0 unspecified atom stereocenters. The number of hydrogen-bond acceptors (Lipinski definition) is 3. The van der Waals surface area contributed by atoms with Crippen LogP contribution in [0.5, 0.6) is 11.5 Å². The molecule has 88 valence electrons. The van der Waals surface area contributed by atoms with Gasteiger partial charge in [0.2, 0.25) is 0 Å². The van der Waals surface area contributed by atoms with Gasteiger partial charge in [-0.2, -0.15) is 0 Å². The third kappa shape index (κ3) is 3.26. The molecule has 1 aromatic carbocycles. The van der Waals surface area contributed by atoms with E-state index in [9.17, 15) is 9.90 Å². The van der Waals surface area contributed by atoms with Gasteiger partial charge in [0.15, 0.2) is 11.5 Å². The third-order valence-electron chi connectivity index (χ3n) is 2.55. The molecule has 0 bridgehead atoms. The van der Waals surface area contributed by atoms with Crippen molar-refractivity contribution in [3.05, 3.63) is 23.8 Å². The second kappa shape index (κ2) is 5.54. The zero-order valence-corrected chi connectivity index (χ0v) is 9.99. The van der Waals surface area contributed by atoms with Gasteiger partial charge >= 0.3 is 0 Å². The predicted molar refractivity (Wildman–Crippen MR) is 62.8 cm³/mol. The number of ether oxygens (including phenoxy) is 1. The highest BCUT2D eigenvalue weighted by Gasteiger charge is 2.08. The van der Waals surface area contributed by atoms with E-state index in [1.54, 1.807) is 12.1 Å². The molecule has 0 spiro atoms. The quantitative estimate of drug-likeness (QED) is 0.832. The maximum absolute atomic E-state index is 11.5. The van der Waals surface area contributed by atoms with Gasteiger partial charge in [-0.05, 0) is 24.1 Å². The Labute approximate surface area is 96.1 Å². The van der Waals surface area contributed by atoms with Gasteiger partial charge in [-0.3, -0.25) is 4.79 Å². The van der Waals surface area contributed by atoms with Crippen LogP contribution in [0.4, 0.5) is 0 Å². The van der Waals surface area contributed by atoms with Crippen LogP contribution in [-0.2, 0) is 11.2 Å². The lowest BCUT2D eigenvalue weighted by Crippen LogP contribution is -2.07. The molecule has 0 amide bonds. The summed E-state index contributed by atoms with van der Waals surface area (Å²) in [6, 6.07) is 5.17. The number of aryl methyl sites for hydroxylation is 1. The minimum atomic E-state index is 0.0824. The molecule has 0 saturated carbocycles. The SMILES string of the molecule is COc1cc(CCC(=O)C(C)C)ccc1O. The van der Waals surface area contributed by atoms with Crippen LogP contribution in [-0.4, -0.2) is 18.0 Å². The van der Waals surface area contributed by atoms with Crippen molar-refractivity contribution in [1.29, 1.82) is 0 Å². The van der Waals surface area contributed by atoms with Crippen molar-refractivity contribution in [2.24, 2.45) is 5.92 Å². The normalized spacial score (nSPS) is 10.5. The van der Waals surface area contributed by atoms with Crippen LogP contribution in [0.1, 0.15) is 25.8 Å². The van der Waals surface area contributed by atoms with Crippen molar-refractivity contribution >= 4 is 5.78 Å². The molecule has 1 N–H and O–H groups in total. The van der Waals surface area contributed by atoms with Crippen molar-refractivity contribution < 1.29 is 14.6 Å². The van der Waals surface area contributed by atoms with Crippen LogP contribution in [0.25, 0.3) is 0 Å². The standard InChI is InChI=1S/C13H18O3/c1-9(2)11(14)6-4-10-5-7-12(15)13(8-10)16-3/h5,7-9,15H,4,6H2,1-3H3. The Kier molecular flexibility index (Phi) is 4.35. The second-order valence-corrected chi connectivity index (χ2v) is 4.13. The molecular formula is C13H18O3. The molecule has 0 radical (unpaired) electrons. The predicted octanol–water partition coefficient (Wildman–Crippen LogP) is 2.56. The lowest BCUT2D eigenvalue weighted by Gasteiger charge is -2.07. The number of carbonyl (C=O) groups is 1. The number of benzene rings is 1. The fourth-order valence-electron chi connectivity index (χ4n) is 1.43. The molecule has 3 nitrogen and oxygen atoms in total. The number of ketones is 1. The van der Waals surface area contributed by atoms with E-state index in [0.717, 1.165) is 5.56 Å². The number of carbonyl (C=O) groups excluding carboxylic acids is 1. The minimum Gasteiger partial charge on any atom is -0.504 e. The topological polar surface area (TPSA) is 46.5 Å². The summed E-state index contributed by atoms with van der Waals surface area (Å²) in [5.41, 5.74) is 1.00. The van der Waals surface area contributed by atoms with Crippen LogP contribution in [0.15, 0.2) is 18.2 Å². The smallest absolute Gasteiger partial charge is 0.160 e. The van der Waals surface area contributed by atoms with Crippen LogP contribution < -0.4 is 4.74 Å². The van der Waals surface area contributed by atoms with Gasteiger partial charge in [0.1, 0.15) is 5.78 Å². The molecule has 3 heteroatoms. The zero-order valence-electron chi connectivity index (χ0n) is 9.99. The third-order valence-corrected chi connectivity index (χ3v) is 2.55. The van der Waals surface area contributed by atoms with Crippen LogP contribution in [0, 0.1) is 5.92 Å². The van der Waals surface area contributed by atoms with E-state index in [4.69, 9.17) is 4.74 Å². The Morgan fingerprint density at radius 1 is 1.44 bits per heavy atom. The molecule has 0 aromatic heterocycles. The maximum atomic E-state index is 11.5. The first-order valence-corrected chi connectivity index (χ1v) is 5.43. The Bertz CT molecular complexity index is 369. The zero-order chi connectivity index (χ0) is 12.1. The number of methoxy groups -OCH3 is 1. The Balaban J connectivity index is 2.64. The Morgan fingerprint density at radius 2 is 2.12 bits per heavy atom. The van der Waals surface area contributed by atoms with Crippen molar-refractivity contribution in [3.63, 3.8) is 0 Å². The molecule has 16 heavy (non-hydrogen) atoms. The summed E-state index contributed by atoms with van der Waals surface area (Å²) in [7, 11) is 1.51. The summed E-state index contributed by atoms with van der Waals surface area (Å²) in [6.07, 6.45) is 1.22. The highest BCUT2D eigenvalue weighted by atomic mass is 16.5. The van der Waals surface area contributed by atoms with E-state index in [1.807, 2.05) is 19.9 Å². The number of phenols is 1. The van der Waals surface area contributed by atoms with Gasteiger partial charge in [0.05, 0.1) is 7.11 Å². The Hall–Kier alpha value is -1.51. The lowest BCUT2D eigenvalue weighted by molar-refractivity contribution is -0.121. The summed E-state index contributed by atoms with van der Waals surface area (Å²) in [5.74, 6) is 0.919. The van der Waals surface area contributed by atoms with Gasteiger partial charge in [0.25, 0.3) is 0 Å². The van der Waals surface area contributed by atoms with E-state index in [0.29, 0.717) is 18.6 Å². The molecule has 0 aliphatic rings. The van der Waals surface area contributed by atoms with Crippen LogP contribution in [0.2, 0.25) is 0 Å². The van der Waals surface area contributed by atoms with E-state index in [-0.39, 0.29) is 17.5 Å². The van der Waals surface area contributed by atoms with E-state index in [2.05, 4.69) is 0 Å². The summed E-state index contributed by atoms with van der Waals surface area (Å²) in [6.45, 7) is 3.81. The Morgan fingerprint density at radius 3 is 2.69 bits per heavy atom. The monoisotopic (exact) mass is 222 g/mol. The van der Waals surface area contributed by atoms with E-state index in [1.165, 1.54) is 7.11 Å². The fourth-order valence-corrected chi connectivity index (χ4v) is 1.43. The summed E-state index contributed by atoms with van der Waals surface area (Å²) in [5, 5.41) is 9.41. The summed E-state index contributed by atoms with van der Waals surface area (Å²) >= 11 is 0. The highest BCUT2D eigenvalue weighted by Crippen LogP contribution is 2.26. The lowest BCUT2D eigenvalue weighted by atomic mass is 10.0. The molecular weight excluding hydrogens is 204 g/mol. The molecule has 0 aliphatic heterocycles. The largest absolute Gasteiger partial charge is 0.504 e. The van der Waals surface area contributed by atoms with Crippen molar-refractivity contribution in [2.75, 3.05) is 7.11 Å². The van der Waals surface area contributed by atoms with Crippen molar-refractivity contribution in [1.82, 2.24) is 0 Å². The number of Topliss-reactive ketones (excluding diaryl/α,β-unsaturated/α-hetero) is 1. The summed E-state index contributed by atoms with van der Waals surface area (Å²) < 4.78 is 5.00. The fraction of sp³-hybridized carbons (Fsp3) is 0.462. The molecule has 0 heterocycles. The molecule has 0 atom stereocenters. The average molecular weight is 222 g/mol. The number of phenolic OH excluding ortho intramolecular Hbond substituents is 1. The molecule has 1 aromatic rings. The van der Waals surface area contributed by atoms with E-state index < -0.39 is 0 Å². The van der Waals surface area contributed by atoms with Gasteiger partial charge in [-0.1, -0.05) is 19.9 Å². The van der Waals surface area contributed by atoms with Crippen molar-refractivity contribution in [3.8, 4) is 11.5 Å². The minimum absolute atomic E-state index is 0.0824. The van der Waals surface area contributed by atoms with Gasteiger partial charge in [-0.25, -0.2) is 0 Å². The summed E-state index contributed by atoms with van der Waals surface area (Å²) in [4.78, 5) is 11.5. The first-order valence-electron chi connectivity index (χ1n) is 5.43. The van der Waals surface area contributed by atoms with Gasteiger partial charge in [0, 0.05) is 12.3 Å². The molecule has 0 saturated heterocycles. The highest BCUT2D eigenvalue weighted by molar-refractivity contribution is 5.80. The molecule has 1 rings (SSSR count). The number of rotatable bonds is 5. The van der Waals surface area contributed by atoms with Gasteiger partial charge in [-0.15, -0.1) is 0 Å². The number of hydrogen-bond donors (Lipinski definition) is 1. The van der Waals surface area contributed by atoms with Crippen LogP contribution in [0.3, 0.4) is 0 Å². The van der Waals surface area contributed by atoms with E-state index >= 15 is 0 Å². The average Bonchev–Trinajstić information content (AvgIpc) is 2.27. The maximum Gasteiger partial charge on any atom is 0.160 e. The second-order valence-electron chi connectivity index (χ2n) is 4.13. The first-order chi connectivity index (χ1) is 7.54. The number of aromatic hydroxyl groups is 1. The molecule has 0 fully saturated rings. The van der Waals surface area contributed by atoms with Crippen LogP contribution >= 0.6 is 0 Å². The first kappa shape index (κ1) is 12.6. The van der Waals surface area contributed by atoms with Gasteiger partial charge < -0.3 is 9.84 Å². The van der Waals surface area contributed by atoms with Crippen molar-refractivity contribution in [2.45, 2.75) is 26.7 Å².